The van der Waals surface area contributed by atoms with Gasteiger partial charge in [-0.3, -0.25) is 4.68 Å². The Balaban J connectivity index is 1.82. The van der Waals surface area contributed by atoms with Crippen molar-refractivity contribution in [1.82, 2.24) is 15.1 Å². The summed E-state index contributed by atoms with van der Waals surface area (Å²) in [6, 6.07) is 0. The molecule has 1 saturated carbocycles. The zero-order valence-electron chi connectivity index (χ0n) is 10.9. The molecule has 0 saturated heterocycles. The maximum absolute atomic E-state index is 5.05. The van der Waals surface area contributed by atoms with Gasteiger partial charge in [-0.15, -0.1) is 0 Å². The van der Waals surface area contributed by atoms with Crippen LogP contribution < -0.4 is 5.32 Å². The fourth-order valence-electron chi connectivity index (χ4n) is 2.62. The summed E-state index contributed by atoms with van der Waals surface area (Å²) >= 11 is 0. The second kappa shape index (κ2) is 5.65. The topological polar surface area (TPSA) is 39.1 Å². The van der Waals surface area contributed by atoms with Crippen LogP contribution >= 0.6 is 0 Å². The zero-order valence-corrected chi connectivity index (χ0v) is 10.9. The molecule has 0 aliphatic heterocycles. The van der Waals surface area contributed by atoms with Crippen LogP contribution in [0.3, 0.4) is 0 Å². The number of aryl methyl sites for hydroxylation is 1. The van der Waals surface area contributed by atoms with Gasteiger partial charge in [-0.05, 0) is 30.2 Å². The van der Waals surface area contributed by atoms with Gasteiger partial charge in [0.25, 0.3) is 0 Å². The summed E-state index contributed by atoms with van der Waals surface area (Å²) in [5.74, 6) is 0. The molecule has 96 valence electrons. The molecule has 1 aromatic heterocycles. The van der Waals surface area contributed by atoms with Gasteiger partial charge in [0.15, 0.2) is 0 Å². The third-order valence-electron chi connectivity index (χ3n) is 3.73. The average molecular weight is 237 g/mol. The molecule has 0 amide bonds. The molecule has 4 heteroatoms. The molecule has 1 aromatic rings. The van der Waals surface area contributed by atoms with E-state index >= 15 is 0 Å². The molecule has 1 aliphatic carbocycles. The van der Waals surface area contributed by atoms with Crippen molar-refractivity contribution in [3.63, 3.8) is 0 Å². The first-order chi connectivity index (χ1) is 8.24. The minimum atomic E-state index is 0.469. The molecular formula is C13H23N3O. The quantitative estimate of drug-likeness (QED) is 0.728. The van der Waals surface area contributed by atoms with Crippen LogP contribution in [0, 0.1) is 5.41 Å². The van der Waals surface area contributed by atoms with Crippen molar-refractivity contribution in [2.45, 2.75) is 25.7 Å². The molecule has 0 radical (unpaired) electrons. The molecule has 0 unspecified atom stereocenters. The van der Waals surface area contributed by atoms with Crippen molar-refractivity contribution in [1.29, 1.82) is 0 Å². The Morgan fingerprint density at radius 2 is 2.35 bits per heavy atom. The van der Waals surface area contributed by atoms with Gasteiger partial charge in [-0.1, -0.05) is 6.42 Å². The summed E-state index contributed by atoms with van der Waals surface area (Å²) in [6.07, 6.45) is 9.32. The van der Waals surface area contributed by atoms with Crippen molar-refractivity contribution in [2.24, 2.45) is 12.5 Å². The number of hydrogen-bond donors (Lipinski definition) is 1. The number of rotatable bonds is 7. The molecule has 0 aromatic carbocycles. The summed E-state index contributed by atoms with van der Waals surface area (Å²) in [5.41, 5.74) is 1.83. The number of hydrogen-bond acceptors (Lipinski definition) is 3. The van der Waals surface area contributed by atoms with Gasteiger partial charge in [-0.25, -0.2) is 0 Å². The van der Waals surface area contributed by atoms with Gasteiger partial charge in [-0.2, -0.15) is 5.10 Å². The van der Waals surface area contributed by atoms with Gasteiger partial charge in [0.2, 0.25) is 0 Å². The van der Waals surface area contributed by atoms with E-state index in [9.17, 15) is 0 Å². The molecule has 1 aliphatic rings. The Kier molecular flexibility index (Phi) is 4.18. The largest absolute Gasteiger partial charge is 0.383 e. The molecule has 17 heavy (non-hydrogen) atoms. The number of ether oxygens (including phenoxy) is 1. The highest BCUT2D eigenvalue weighted by Crippen LogP contribution is 2.43. The van der Waals surface area contributed by atoms with Crippen LogP contribution in [0.4, 0.5) is 0 Å². The summed E-state index contributed by atoms with van der Waals surface area (Å²) in [4.78, 5) is 0. The minimum absolute atomic E-state index is 0.469. The minimum Gasteiger partial charge on any atom is -0.383 e. The fraction of sp³-hybridized carbons (Fsp3) is 0.769. The first kappa shape index (κ1) is 12.6. The molecular weight excluding hydrogens is 214 g/mol. The Bertz CT molecular complexity index is 344. The molecule has 0 bridgehead atoms. The summed E-state index contributed by atoms with van der Waals surface area (Å²) in [5, 5.41) is 7.75. The van der Waals surface area contributed by atoms with E-state index in [0.29, 0.717) is 5.41 Å². The predicted octanol–water partition coefficient (Wildman–Crippen LogP) is 1.37. The Hall–Kier alpha value is -0.870. The molecule has 1 fully saturated rings. The van der Waals surface area contributed by atoms with E-state index in [1.165, 1.54) is 24.8 Å². The molecule has 4 nitrogen and oxygen atoms in total. The summed E-state index contributed by atoms with van der Waals surface area (Å²) in [7, 11) is 3.73. The second-order valence-electron chi connectivity index (χ2n) is 5.22. The van der Waals surface area contributed by atoms with Gasteiger partial charge in [0, 0.05) is 33.4 Å². The average Bonchev–Trinajstić information content (AvgIpc) is 2.66. The monoisotopic (exact) mass is 237 g/mol. The van der Waals surface area contributed by atoms with Gasteiger partial charge < -0.3 is 10.1 Å². The molecule has 1 heterocycles. The number of methoxy groups -OCH3 is 1. The van der Waals surface area contributed by atoms with E-state index in [4.69, 9.17) is 4.74 Å². The van der Waals surface area contributed by atoms with Gasteiger partial charge in [0.05, 0.1) is 12.8 Å². The van der Waals surface area contributed by atoms with Crippen molar-refractivity contribution in [2.75, 3.05) is 26.8 Å². The Morgan fingerprint density at radius 3 is 2.88 bits per heavy atom. The van der Waals surface area contributed by atoms with Crippen molar-refractivity contribution in [3.8, 4) is 0 Å². The maximum atomic E-state index is 5.05. The van der Waals surface area contributed by atoms with E-state index in [1.807, 2.05) is 17.9 Å². The van der Waals surface area contributed by atoms with E-state index in [2.05, 4.69) is 16.6 Å². The second-order valence-corrected chi connectivity index (χ2v) is 5.22. The standard InChI is InChI=1S/C13H23N3O/c1-16-10-12(9-15-16)8-13(4-3-5-13)11-14-6-7-17-2/h9-10,14H,3-8,11H2,1-2H3. The van der Waals surface area contributed by atoms with Crippen LogP contribution in [0.25, 0.3) is 0 Å². The number of nitrogens with one attached hydrogen (secondary N) is 1. The smallest absolute Gasteiger partial charge is 0.0587 e. The van der Waals surface area contributed by atoms with E-state index < -0.39 is 0 Å². The van der Waals surface area contributed by atoms with Crippen molar-refractivity contribution < 1.29 is 4.74 Å². The van der Waals surface area contributed by atoms with Crippen molar-refractivity contribution in [3.05, 3.63) is 18.0 Å². The lowest BCUT2D eigenvalue weighted by molar-refractivity contribution is 0.123. The molecule has 0 atom stereocenters. The van der Waals surface area contributed by atoms with Crippen LogP contribution in [0.2, 0.25) is 0 Å². The van der Waals surface area contributed by atoms with Gasteiger partial charge in [0.1, 0.15) is 0 Å². The van der Waals surface area contributed by atoms with Crippen LogP contribution in [0.1, 0.15) is 24.8 Å². The lowest BCUT2D eigenvalue weighted by Crippen LogP contribution is -2.42. The first-order valence-electron chi connectivity index (χ1n) is 6.41. The SMILES string of the molecule is COCCNCC1(Cc2cnn(C)c2)CCC1. The van der Waals surface area contributed by atoms with Gasteiger partial charge >= 0.3 is 0 Å². The number of nitrogens with zero attached hydrogens (tertiary/aromatic N) is 2. The highest BCUT2D eigenvalue weighted by atomic mass is 16.5. The molecule has 2 rings (SSSR count). The van der Waals surface area contributed by atoms with Crippen LogP contribution in [-0.4, -0.2) is 36.6 Å². The lowest BCUT2D eigenvalue weighted by Gasteiger charge is -2.42. The van der Waals surface area contributed by atoms with Crippen LogP contribution in [-0.2, 0) is 18.2 Å². The molecule has 0 spiro atoms. The highest BCUT2D eigenvalue weighted by Gasteiger charge is 2.36. The summed E-state index contributed by atoms with van der Waals surface area (Å²) in [6.45, 7) is 2.85. The van der Waals surface area contributed by atoms with E-state index in [1.54, 1.807) is 7.11 Å². The first-order valence-corrected chi connectivity index (χ1v) is 6.41. The Morgan fingerprint density at radius 1 is 1.53 bits per heavy atom. The highest BCUT2D eigenvalue weighted by molar-refractivity contribution is 5.10. The van der Waals surface area contributed by atoms with Crippen molar-refractivity contribution >= 4 is 0 Å². The summed E-state index contributed by atoms with van der Waals surface area (Å²) < 4.78 is 6.94. The predicted molar refractivity (Wildman–Crippen MR) is 67.9 cm³/mol. The van der Waals surface area contributed by atoms with Crippen LogP contribution in [0.15, 0.2) is 12.4 Å². The van der Waals surface area contributed by atoms with Crippen LogP contribution in [0.5, 0.6) is 0 Å². The normalized spacial score (nSPS) is 18.0. The third-order valence-corrected chi connectivity index (χ3v) is 3.73. The van der Waals surface area contributed by atoms with E-state index in [-0.39, 0.29) is 0 Å². The molecule has 1 N–H and O–H groups in total. The zero-order chi connectivity index (χ0) is 12.1. The Labute approximate surface area is 103 Å². The van der Waals surface area contributed by atoms with E-state index in [0.717, 1.165) is 26.1 Å². The lowest BCUT2D eigenvalue weighted by atomic mass is 9.65. The third kappa shape index (κ3) is 3.30. The maximum Gasteiger partial charge on any atom is 0.0587 e. The number of aromatic nitrogens is 2. The fourth-order valence-corrected chi connectivity index (χ4v) is 2.62.